The van der Waals surface area contributed by atoms with Crippen molar-refractivity contribution in [1.82, 2.24) is 14.9 Å². The van der Waals surface area contributed by atoms with E-state index in [2.05, 4.69) is 23.7 Å². The van der Waals surface area contributed by atoms with Gasteiger partial charge in [-0.05, 0) is 33.2 Å². The minimum Gasteiger partial charge on any atom is -0.476 e. The van der Waals surface area contributed by atoms with Crippen molar-refractivity contribution < 1.29 is 9.90 Å². The van der Waals surface area contributed by atoms with Crippen molar-refractivity contribution in [1.29, 1.82) is 0 Å². The zero-order valence-corrected chi connectivity index (χ0v) is 14.3. The first-order valence-electron chi connectivity index (χ1n) is 7.37. The second-order valence-electron chi connectivity index (χ2n) is 5.70. The maximum atomic E-state index is 10.9. The minimum absolute atomic E-state index is 0.153. The number of aryl methyl sites for hydroxylation is 2. The standard InChI is InChI=1S/C15H19N3O2S2/c1-9-10(2)22-14(16-9)11-4-3-5-18(6-11)7-13-17-12(8-21-13)15(19)20/h8,11H,3-7H2,1-2H3,(H,19,20). The number of thiazole rings is 2. The Morgan fingerprint density at radius 3 is 2.91 bits per heavy atom. The van der Waals surface area contributed by atoms with E-state index in [0.717, 1.165) is 36.8 Å². The van der Waals surface area contributed by atoms with Crippen molar-refractivity contribution in [3.8, 4) is 0 Å². The first-order valence-corrected chi connectivity index (χ1v) is 9.06. The molecule has 5 nitrogen and oxygen atoms in total. The van der Waals surface area contributed by atoms with Gasteiger partial charge in [0.25, 0.3) is 0 Å². The molecular weight excluding hydrogens is 318 g/mol. The van der Waals surface area contributed by atoms with Gasteiger partial charge in [-0.2, -0.15) is 0 Å². The SMILES string of the molecule is Cc1nc(C2CCCN(Cc3nc(C(=O)O)cs3)C2)sc1C. The zero-order chi connectivity index (χ0) is 15.7. The predicted octanol–water partition coefficient (Wildman–Crippen LogP) is 3.29. The molecular formula is C15H19N3O2S2. The van der Waals surface area contributed by atoms with Crippen LogP contribution in [0.2, 0.25) is 0 Å². The van der Waals surface area contributed by atoms with E-state index in [4.69, 9.17) is 10.1 Å². The molecule has 1 fully saturated rings. The molecule has 0 aliphatic carbocycles. The summed E-state index contributed by atoms with van der Waals surface area (Å²) in [6.45, 7) is 6.95. The Morgan fingerprint density at radius 1 is 1.45 bits per heavy atom. The lowest BCUT2D eigenvalue weighted by molar-refractivity contribution is 0.0691. The second kappa shape index (κ2) is 6.44. The van der Waals surface area contributed by atoms with E-state index in [0.29, 0.717) is 5.92 Å². The summed E-state index contributed by atoms with van der Waals surface area (Å²) in [5.74, 6) is -0.460. The Kier molecular flexibility index (Phi) is 4.56. The first kappa shape index (κ1) is 15.6. The number of carboxylic acids is 1. The highest BCUT2D eigenvalue weighted by atomic mass is 32.1. The van der Waals surface area contributed by atoms with E-state index in [9.17, 15) is 4.79 Å². The molecule has 0 amide bonds. The molecule has 2 aromatic rings. The van der Waals surface area contributed by atoms with Crippen molar-refractivity contribution in [2.45, 2.75) is 39.2 Å². The van der Waals surface area contributed by atoms with Crippen LogP contribution < -0.4 is 0 Å². The Balaban J connectivity index is 1.66. The molecule has 0 radical (unpaired) electrons. The average Bonchev–Trinajstić information content (AvgIpc) is 3.07. The van der Waals surface area contributed by atoms with Gasteiger partial charge in [0.15, 0.2) is 5.69 Å². The van der Waals surface area contributed by atoms with Crippen molar-refractivity contribution in [3.05, 3.63) is 31.7 Å². The summed E-state index contributed by atoms with van der Waals surface area (Å²) in [6.07, 6.45) is 2.33. The molecule has 2 aromatic heterocycles. The number of piperidine rings is 1. The summed E-state index contributed by atoms with van der Waals surface area (Å²) in [5.41, 5.74) is 1.29. The van der Waals surface area contributed by atoms with Crippen LogP contribution in [-0.4, -0.2) is 39.0 Å². The first-order chi connectivity index (χ1) is 10.5. The quantitative estimate of drug-likeness (QED) is 0.927. The number of hydrogen-bond donors (Lipinski definition) is 1. The highest BCUT2D eigenvalue weighted by Crippen LogP contribution is 2.32. The van der Waals surface area contributed by atoms with Gasteiger partial charge in [0, 0.05) is 22.7 Å². The highest BCUT2D eigenvalue weighted by molar-refractivity contribution is 7.11. The maximum Gasteiger partial charge on any atom is 0.355 e. The lowest BCUT2D eigenvalue weighted by Gasteiger charge is -2.31. The summed E-state index contributed by atoms with van der Waals surface area (Å²) < 4.78 is 0. The Morgan fingerprint density at radius 2 is 2.27 bits per heavy atom. The topological polar surface area (TPSA) is 66.3 Å². The molecule has 3 heterocycles. The monoisotopic (exact) mass is 337 g/mol. The zero-order valence-electron chi connectivity index (χ0n) is 12.7. The lowest BCUT2D eigenvalue weighted by Crippen LogP contribution is -2.33. The van der Waals surface area contributed by atoms with Crippen molar-refractivity contribution in [2.24, 2.45) is 0 Å². The van der Waals surface area contributed by atoms with Crippen molar-refractivity contribution >= 4 is 28.6 Å². The molecule has 118 valence electrons. The summed E-state index contributed by atoms with van der Waals surface area (Å²) in [4.78, 5) is 23.5. The van der Waals surface area contributed by atoms with Gasteiger partial charge in [-0.15, -0.1) is 22.7 Å². The second-order valence-corrected chi connectivity index (χ2v) is 7.88. The number of nitrogens with zero attached hydrogens (tertiary/aromatic N) is 3. The molecule has 1 aliphatic rings. The van der Waals surface area contributed by atoms with E-state index >= 15 is 0 Å². The van der Waals surface area contributed by atoms with Crippen LogP contribution in [0.15, 0.2) is 5.38 Å². The van der Waals surface area contributed by atoms with Crippen LogP contribution in [0, 0.1) is 13.8 Å². The van der Waals surface area contributed by atoms with Gasteiger partial charge >= 0.3 is 5.97 Å². The predicted molar refractivity (Wildman–Crippen MR) is 87.9 cm³/mol. The molecule has 0 spiro atoms. The van der Waals surface area contributed by atoms with Gasteiger partial charge < -0.3 is 5.11 Å². The van der Waals surface area contributed by atoms with Gasteiger partial charge in [0.05, 0.1) is 17.2 Å². The van der Waals surface area contributed by atoms with Gasteiger partial charge in [-0.3, -0.25) is 4.90 Å². The Labute approximate surface area is 137 Å². The van der Waals surface area contributed by atoms with Crippen molar-refractivity contribution in [2.75, 3.05) is 13.1 Å². The maximum absolute atomic E-state index is 10.9. The van der Waals surface area contributed by atoms with Crippen LogP contribution in [0.4, 0.5) is 0 Å². The van der Waals surface area contributed by atoms with E-state index in [1.807, 2.05) is 11.3 Å². The van der Waals surface area contributed by atoms with Crippen LogP contribution in [0.3, 0.4) is 0 Å². The van der Waals surface area contributed by atoms with Crippen LogP contribution in [0.25, 0.3) is 0 Å². The smallest absolute Gasteiger partial charge is 0.355 e. The number of carbonyl (C=O) groups is 1. The number of rotatable bonds is 4. The lowest BCUT2D eigenvalue weighted by atomic mass is 9.99. The summed E-state index contributed by atoms with van der Waals surface area (Å²) in [5, 5.41) is 12.7. The normalized spacial score (nSPS) is 19.5. The van der Waals surface area contributed by atoms with Gasteiger partial charge in [0.2, 0.25) is 0 Å². The molecule has 1 saturated heterocycles. The molecule has 1 aliphatic heterocycles. The van der Waals surface area contributed by atoms with Gasteiger partial charge in [-0.1, -0.05) is 0 Å². The Hall–Kier alpha value is -1.31. The van der Waals surface area contributed by atoms with Crippen molar-refractivity contribution in [3.63, 3.8) is 0 Å². The van der Waals surface area contributed by atoms with E-state index in [1.54, 1.807) is 5.38 Å². The summed E-state index contributed by atoms with van der Waals surface area (Å²) >= 11 is 3.24. The van der Waals surface area contributed by atoms with E-state index in [1.165, 1.54) is 27.6 Å². The highest BCUT2D eigenvalue weighted by Gasteiger charge is 2.25. The fourth-order valence-corrected chi connectivity index (χ4v) is 4.60. The third-order valence-corrected chi connectivity index (χ3v) is 6.10. The number of hydrogen-bond acceptors (Lipinski definition) is 6. The fourth-order valence-electron chi connectivity index (χ4n) is 2.75. The van der Waals surface area contributed by atoms with Crippen LogP contribution in [0.1, 0.15) is 49.8 Å². The minimum atomic E-state index is -0.951. The molecule has 0 saturated carbocycles. The third kappa shape index (κ3) is 3.37. The number of likely N-dealkylation sites (tertiary alicyclic amines) is 1. The third-order valence-electron chi connectivity index (χ3n) is 4.03. The number of aromatic nitrogens is 2. The molecule has 7 heteroatoms. The molecule has 3 rings (SSSR count). The van der Waals surface area contributed by atoms with Gasteiger partial charge in [-0.25, -0.2) is 14.8 Å². The number of aromatic carboxylic acids is 1. The molecule has 0 bridgehead atoms. The summed E-state index contributed by atoms with van der Waals surface area (Å²) in [6, 6.07) is 0. The van der Waals surface area contributed by atoms with Crippen LogP contribution >= 0.6 is 22.7 Å². The Bertz CT molecular complexity index is 661. The molecule has 22 heavy (non-hydrogen) atoms. The largest absolute Gasteiger partial charge is 0.476 e. The number of carboxylic acid groups (broad SMARTS) is 1. The van der Waals surface area contributed by atoms with Crippen LogP contribution in [0.5, 0.6) is 0 Å². The summed E-state index contributed by atoms with van der Waals surface area (Å²) in [7, 11) is 0. The average molecular weight is 337 g/mol. The van der Waals surface area contributed by atoms with Gasteiger partial charge in [0.1, 0.15) is 5.01 Å². The molecule has 1 unspecified atom stereocenters. The molecule has 0 aromatic carbocycles. The molecule has 1 atom stereocenters. The van der Waals surface area contributed by atoms with E-state index < -0.39 is 5.97 Å². The fraction of sp³-hybridized carbons (Fsp3) is 0.533. The molecule has 1 N–H and O–H groups in total. The van der Waals surface area contributed by atoms with E-state index in [-0.39, 0.29) is 5.69 Å². The van der Waals surface area contributed by atoms with Crippen LogP contribution in [-0.2, 0) is 6.54 Å².